The highest BCUT2D eigenvalue weighted by Gasteiger charge is 1.98. The van der Waals surface area contributed by atoms with E-state index in [-0.39, 0.29) is 6.10 Å². The Balaban J connectivity index is 2.59. The quantitative estimate of drug-likeness (QED) is 0.709. The molecule has 0 amide bonds. The molecule has 72 valence electrons. The van der Waals surface area contributed by atoms with Crippen LogP contribution < -0.4 is 4.74 Å². The molecule has 0 unspecified atom stereocenters. The standard InChI is InChI=1S/C11H17NO/c1-4-5-10-6-7-11(12-8-10)13-9(2)3/h6-9H,4-5H2,1-3H3. The van der Waals surface area contributed by atoms with Crippen LogP contribution in [0.15, 0.2) is 18.3 Å². The van der Waals surface area contributed by atoms with Gasteiger partial charge < -0.3 is 4.74 Å². The molecule has 0 radical (unpaired) electrons. The molecule has 2 heteroatoms. The Labute approximate surface area is 80.0 Å². The first kappa shape index (κ1) is 10.0. The van der Waals surface area contributed by atoms with E-state index in [1.807, 2.05) is 26.1 Å². The summed E-state index contributed by atoms with van der Waals surface area (Å²) in [5, 5.41) is 0. The molecule has 1 rings (SSSR count). The number of hydrogen-bond acceptors (Lipinski definition) is 2. The van der Waals surface area contributed by atoms with E-state index in [9.17, 15) is 0 Å². The van der Waals surface area contributed by atoms with Crippen LogP contribution in [0.4, 0.5) is 0 Å². The summed E-state index contributed by atoms with van der Waals surface area (Å²) in [6.07, 6.45) is 4.34. The van der Waals surface area contributed by atoms with Crippen molar-refractivity contribution in [3.63, 3.8) is 0 Å². The van der Waals surface area contributed by atoms with Gasteiger partial charge in [-0.1, -0.05) is 19.4 Å². The van der Waals surface area contributed by atoms with Crippen molar-refractivity contribution < 1.29 is 4.74 Å². The molecular formula is C11H17NO. The molecular weight excluding hydrogens is 162 g/mol. The summed E-state index contributed by atoms with van der Waals surface area (Å²) < 4.78 is 5.44. The first-order valence-corrected chi connectivity index (χ1v) is 4.84. The maximum atomic E-state index is 5.44. The van der Waals surface area contributed by atoms with Crippen molar-refractivity contribution in [3.8, 4) is 5.88 Å². The smallest absolute Gasteiger partial charge is 0.213 e. The molecule has 0 spiro atoms. The Kier molecular flexibility index (Phi) is 3.74. The summed E-state index contributed by atoms with van der Waals surface area (Å²) in [7, 11) is 0. The number of rotatable bonds is 4. The predicted molar refractivity (Wildman–Crippen MR) is 54.0 cm³/mol. The van der Waals surface area contributed by atoms with Gasteiger partial charge in [0.25, 0.3) is 0 Å². The van der Waals surface area contributed by atoms with Gasteiger partial charge in [-0.25, -0.2) is 4.98 Å². The number of aromatic nitrogens is 1. The van der Waals surface area contributed by atoms with Crippen LogP contribution in [0.25, 0.3) is 0 Å². The van der Waals surface area contributed by atoms with Crippen molar-refractivity contribution in [1.82, 2.24) is 4.98 Å². The van der Waals surface area contributed by atoms with Gasteiger partial charge in [0.05, 0.1) is 6.10 Å². The van der Waals surface area contributed by atoms with E-state index in [0.29, 0.717) is 0 Å². The second-order valence-corrected chi connectivity index (χ2v) is 3.42. The highest BCUT2D eigenvalue weighted by Crippen LogP contribution is 2.10. The Morgan fingerprint density at radius 2 is 2.15 bits per heavy atom. The van der Waals surface area contributed by atoms with Crippen molar-refractivity contribution in [2.45, 2.75) is 39.7 Å². The number of aryl methyl sites for hydroxylation is 1. The van der Waals surface area contributed by atoms with E-state index >= 15 is 0 Å². The lowest BCUT2D eigenvalue weighted by molar-refractivity contribution is 0.232. The van der Waals surface area contributed by atoms with E-state index in [1.54, 1.807) is 0 Å². The Morgan fingerprint density at radius 1 is 1.38 bits per heavy atom. The molecule has 0 aromatic carbocycles. The molecule has 0 saturated heterocycles. The van der Waals surface area contributed by atoms with Crippen LogP contribution >= 0.6 is 0 Å². The fraction of sp³-hybridized carbons (Fsp3) is 0.545. The SMILES string of the molecule is CCCc1ccc(OC(C)C)nc1. The number of hydrogen-bond donors (Lipinski definition) is 0. The molecule has 0 aliphatic rings. The first-order valence-electron chi connectivity index (χ1n) is 4.84. The predicted octanol–water partition coefficient (Wildman–Crippen LogP) is 2.82. The molecule has 2 nitrogen and oxygen atoms in total. The second kappa shape index (κ2) is 4.85. The minimum Gasteiger partial charge on any atom is -0.475 e. The summed E-state index contributed by atoms with van der Waals surface area (Å²) in [6, 6.07) is 4.01. The average molecular weight is 179 g/mol. The normalized spacial score (nSPS) is 10.5. The Hall–Kier alpha value is -1.05. The minimum absolute atomic E-state index is 0.199. The molecule has 0 saturated carbocycles. The van der Waals surface area contributed by atoms with Gasteiger partial charge >= 0.3 is 0 Å². The Bertz CT molecular complexity index is 241. The number of nitrogens with zero attached hydrogens (tertiary/aromatic N) is 1. The molecule has 1 aromatic heterocycles. The zero-order chi connectivity index (χ0) is 9.68. The van der Waals surface area contributed by atoms with E-state index in [0.717, 1.165) is 18.7 Å². The van der Waals surface area contributed by atoms with Crippen LogP contribution in [0.2, 0.25) is 0 Å². The van der Waals surface area contributed by atoms with Crippen LogP contribution in [-0.2, 0) is 6.42 Å². The molecule has 0 aliphatic carbocycles. The third-order valence-electron chi connectivity index (χ3n) is 1.69. The lowest BCUT2D eigenvalue weighted by Gasteiger charge is -2.08. The number of ether oxygens (including phenoxy) is 1. The lowest BCUT2D eigenvalue weighted by atomic mass is 10.2. The summed E-state index contributed by atoms with van der Waals surface area (Å²) >= 11 is 0. The topological polar surface area (TPSA) is 22.1 Å². The van der Waals surface area contributed by atoms with Crippen LogP contribution in [0, 0.1) is 0 Å². The van der Waals surface area contributed by atoms with Crippen molar-refractivity contribution in [3.05, 3.63) is 23.9 Å². The molecule has 0 bridgehead atoms. The van der Waals surface area contributed by atoms with Gasteiger partial charge in [0.2, 0.25) is 5.88 Å². The fourth-order valence-corrected chi connectivity index (χ4v) is 1.16. The maximum absolute atomic E-state index is 5.44. The number of pyridine rings is 1. The van der Waals surface area contributed by atoms with Gasteiger partial charge in [0.15, 0.2) is 0 Å². The second-order valence-electron chi connectivity index (χ2n) is 3.42. The van der Waals surface area contributed by atoms with Crippen LogP contribution in [0.3, 0.4) is 0 Å². The van der Waals surface area contributed by atoms with Gasteiger partial charge in [0.1, 0.15) is 0 Å². The first-order chi connectivity index (χ1) is 6.22. The summed E-state index contributed by atoms with van der Waals surface area (Å²) in [5.41, 5.74) is 1.28. The van der Waals surface area contributed by atoms with Crippen molar-refractivity contribution in [2.75, 3.05) is 0 Å². The summed E-state index contributed by atoms with van der Waals surface area (Å²) in [6.45, 7) is 6.17. The summed E-state index contributed by atoms with van der Waals surface area (Å²) in [4.78, 5) is 4.22. The van der Waals surface area contributed by atoms with Crippen molar-refractivity contribution >= 4 is 0 Å². The zero-order valence-corrected chi connectivity index (χ0v) is 8.58. The Morgan fingerprint density at radius 3 is 2.62 bits per heavy atom. The molecule has 0 N–H and O–H groups in total. The van der Waals surface area contributed by atoms with Gasteiger partial charge in [-0.15, -0.1) is 0 Å². The average Bonchev–Trinajstić information content (AvgIpc) is 2.08. The van der Waals surface area contributed by atoms with Crippen molar-refractivity contribution in [2.24, 2.45) is 0 Å². The largest absolute Gasteiger partial charge is 0.475 e. The maximum Gasteiger partial charge on any atom is 0.213 e. The van der Waals surface area contributed by atoms with Crippen molar-refractivity contribution in [1.29, 1.82) is 0 Å². The van der Waals surface area contributed by atoms with E-state index in [4.69, 9.17) is 4.74 Å². The lowest BCUT2D eigenvalue weighted by Crippen LogP contribution is -2.06. The van der Waals surface area contributed by atoms with Gasteiger partial charge in [-0.05, 0) is 25.8 Å². The van der Waals surface area contributed by atoms with Gasteiger partial charge in [0, 0.05) is 12.3 Å². The third kappa shape index (κ3) is 3.45. The fourth-order valence-electron chi connectivity index (χ4n) is 1.16. The zero-order valence-electron chi connectivity index (χ0n) is 8.58. The third-order valence-corrected chi connectivity index (χ3v) is 1.69. The molecule has 0 aliphatic heterocycles. The molecule has 1 aromatic rings. The molecule has 0 atom stereocenters. The van der Waals surface area contributed by atoms with Gasteiger partial charge in [-0.3, -0.25) is 0 Å². The highest BCUT2D eigenvalue weighted by molar-refractivity contribution is 5.17. The molecule has 0 fully saturated rings. The minimum atomic E-state index is 0.199. The van der Waals surface area contributed by atoms with Crippen LogP contribution in [0.1, 0.15) is 32.8 Å². The highest BCUT2D eigenvalue weighted by atomic mass is 16.5. The molecule has 1 heterocycles. The summed E-state index contributed by atoms with van der Waals surface area (Å²) in [5.74, 6) is 0.717. The van der Waals surface area contributed by atoms with E-state index in [2.05, 4.69) is 18.0 Å². The van der Waals surface area contributed by atoms with E-state index in [1.165, 1.54) is 5.56 Å². The monoisotopic (exact) mass is 179 g/mol. The molecule has 13 heavy (non-hydrogen) atoms. The van der Waals surface area contributed by atoms with E-state index < -0.39 is 0 Å². The van der Waals surface area contributed by atoms with Crippen LogP contribution in [0.5, 0.6) is 5.88 Å². The van der Waals surface area contributed by atoms with Crippen LogP contribution in [-0.4, -0.2) is 11.1 Å². The van der Waals surface area contributed by atoms with Gasteiger partial charge in [-0.2, -0.15) is 0 Å².